The van der Waals surface area contributed by atoms with Crippen LogP contribution in [0, 0.1) is 0 Å². The van der Waals surface area contributed by atoms with Gasteiger partial charge in [0.1, 0.15) is 5.82 Å². The van der Waals surface area contributed by atoms with E-state index in [1.165, 1.54) is 24.9 Å². The number of imidazole rings is 1. The van der Waals surface area contributed by atoms with Crippen molar-refractivity contribution in [3.05, 3.63) is 41.9 Å². The van der Waals surface area contributed by atoms with Crippen LogP contribution in [0.15, 0.2) is 34.0 Å². The molecule has 0 saturated carbocycles. The van der Waals surface area contributed by atoms with Crippen molar-refractivity contribution in [1.29, 1.82) is 0 Å². The molecule has 1 N–H and O–H groups in total. The molecule has 8 nitrogen and oxygen atoms in total. The smallest absolute Gasteiger partial charge is 0.289 e. The van der Waals surface area contributed by atoms with Crippen LogP contribution in [0.1, 0.15) is 34.9 Å². The molecule has 2 aliphatic heterocycles. The van der Waals surface area contributed by atoms with Gasteiger partial charge in [-0.15, -0.1) is 0 Å². The van der Waals surface area contributed by atoms with Crippen LogP contribution in [-0.4, -0.2) is 64.4 Å². The predicted octanol–water partition coefficient (Wildman–Crippen LogP) is 1.35. The SMILES string of the molecule is CN=C(NCc1cn2c(n1)CCCC2)N1CCN(C(=O)c2ccco2)CC1. The molecule has 0 spiro atoms. The van der Waals surface area contributed by atoms with Gasteiger partial charge in [-0.05, 0) is 25.0 Å². The Balaban J connectivity index is 1.30. The molecule has 0 aliphatic carbocycles. The molecule has 2 aliphatic rings. The van der Waals surface area contributed by atoms with E-state index in [0.29, 0.717) is 25.4 Å². The summed E-state index contributed by atoms with van der Waals surface area (Å²) in [6.45, 7) is 4.52. The molecule has 8 heteroatoms. The molecular weight excluding hydrogens is 344 g/mol. The number of guanidine groups is 1. The molecular formula is C19H26N6O2. The van der Waals surface area contributed by atoms with Crippen molar-refractivity contribution in [3.8, 4) is 0 Å². The van der Waals surface area contributed by atoms with Gasteiger partial charge in [0.15, 0.2) is 11.7 Å². The number of hydrogen-bond donors (Lipinski definition) is 1. The second kappa shape index (κ2) is 7.85. The molecule has 1 amide bonds. The number of fused-ring (bicyclic) bond motifs is 1. The minimum absolute atomic E-state index is 0.0498. The summed E-state index contributed by atoms with van der Waals surface area (Å²) in [7, 11) is 1.79. The Morgan fingerprint density at radius 3 is 2.74 bits per heavy atom. The lowest BCUT2D eigenvalue weighted by atomic mass is 10.2. The minimum atomic E-state index is -0.0498. The number of rotatable bonds is 3. The summed E-state index contributed by atoms with van der Waals surface area (Å²) in [5.74, 6) is 2.39. The number of carbonyl (C=O) groups is 1. The topological polar surface area (TPSA) is 78.9 Å². The van der Waals surface area contributed by atoms with Gasteiger partial charge in [0, 0.05) is 52.4 Å². The van der Waals surface area contributed by atoms with Crippen molar-refractivity contribution in [2.24, 2.45) is 4.99 Å². The van der Waals surface area contributed by atoms with E-state index in [4.69, 9.17) is 9.40 Å². The van der Waals surface area contributed by atoms with Gasteiger partial charge in [-0.1, -0.05) is 0 Å². The van der Waals surface area contributed by atoms with E-state index in [2.05, 4.69) is 26.0 Å². The van der Waals surface area contributed by atoms with Crippen LogP contribution in [0.4, 0.5) is 0 Å². The molecule has 1 fully saturated rings. The minimum Gasteiger partial charge on any atom is -0.459 e. The van der Waals surface area contributed by atoms with E-state index in [9.17, 15) is 4.79 Å². The van der Waals surface area contributed by atoms with Gasteiger partial charge in [-0.25, -0.2) is 4.98 Å². The summed E-state index contributed by atoms with van der Waals surface area (Å²) in [4.78, 5) is 25.5. The summed E-state index contributed by atoms with van der Waals surface area (Å²) < 4.78 is 7.48. The van der Waals surface area contributed by atoms with E-state index < -0.39 is 0 Å². The van der Waals surface area contributed by atoms with Gasteiger partial charge < -0.3 is 24.1 Å². The highest BCUT2D eigenvalue weighted by atomic mass is 16.3. The van der Waals surface area contributed by atoms with Crippen molar-refractivity contribution in [1.82, 2.24) is 24.7 Å². The zero-order valence-electron chi connectivity index (χ0n) is 15.7. The average molecular weight is 370 g/mol. The fourth-order valence-electron chi connectivity index (χ4n) is 3.74. The Kier molecular flexibility index (Phi) is 5.13. The first-order valence-corrected chi connectivity index (χ1v) is 9.58. The lowest BCUT2D eigenvalue weighted by molar-refractivity contribution is 0.0657. The van der Waals surface area contributed by atoms with Crippen LogP contribution >= 0.6 is 0 Å². The molecule has 0 bridgehead atoms. The Morgan fingerprint density at radius 2 is 2.04 bits per heavy atom. The molecule has 4 heterocycles. The van der Waals surface area contributed by atoms with Crippen molar-refractivity contribution in [2.45, 2.75) is 32.4 Å². The molecule has 4 rings (SSSR count). The number of furan rings is 1. The first-order chi connectivity index (χ1) is 13.2. The van der Waals surface area contributed by atoms with Gasteiger partial charge >= 0.3 is 0 Å². The van der Waals surface area contributed by atoms with Crippen molar-refractivity contribution < 1.29 is 9.21 Å². The monoisotopic (exact) mass is 370 g/mol. The van der Waals surface area contributed by atoms with Crippen LogP contribution in [0.25, 0.3) is 0 Å². The molecule has 1 saturated heterocycles. The Bertz CT molecular complexity index is 779. The second-order valence-electron chi connectivity index (χ2n) is 6.96. The number of carbonyl (C=O) groups excluding carboxylic acids is 1. The fraction of sp³-hybridized carbons (Fsp3) is 0.526. The van der Waals surface area contributed by atoms with Crippen LogP contribution in [0.3, 0.4) is 0 Å². The third-order valence-corrected chi connectivity index (χ3v) is 5.20. The van der Waals surface area contributed by atoms with Crippen molar-refractivity contribution in [2.75, 3.05) is 33.2 Å². The average Bonchev–Trinajstić information content (AvgIpc) is 3.38. The highest BCUT2D eigenvalue weighted by Crippen LogP contribution is 2.14. The number of nitrogens with zero attached hydrogens (tertiary/aromatic N) is 5. The predicted molar refractivity (Wildman–Crippen MR) is 102 cm³/mol. The number of aryl methyl sites for hydroxylation is 2. The fourth-order valence-corrected chi connectivity index (χ4v) is 3.74. The Hall–Kier alpha value is -2.77. The van der Waals surface area contributed by atoms with Crippen molar-refractivity contribution in [3.63, 3.8) is 0 Å². The van der Waals surface area contributed by atoms with Crippen LogP contribution in [0.2, 0.25) is 0 Å². The molecule has 27 heavy (non-hydrogen) atoms. The Labute approximate surface area is 158 Å². The quantitative estimate of drug-likeness (QED) is 0.652. The maximum Gasteiger partial charge on any atom is 0.289 e. The molecule has 0 atom stereocenters. The summed E-state index contributed by atoms with van der Waals surface area (Å²) in [5.41, 5.74) is 1.06. The van der Waals surface area contributed by atoms with E-state index in [1.807, 2.05) is 4.90 Å². The normalized spacial score (nSPS) is 17.7. The van der Waals surface area contributed by atoms with Crippen LogP contribution in [-0.2, 0) is 19.5 Å². The molecule has 0 unspecified atom stereocenters. The van der Waals surface area contributed by atoms with Gasteiger partial charge in [0.25, 0.3) is 5.91 Å². The second-order valence-corrected chi connectivity index (χ2v) is 6.96. The number of amides is 1. The number of aliphatic imine (C=N–C) groups is 1. The number of hydrogen-bond acceptors (Lipinski definition) is 4. The van der Waals surface area contributed by atoms with Crippen molar-refractivity contribution >= 4 is 11.9 Å². The van der Waals surface area contributed by atoms with E-state index in [1.54, 1.807) is 19.2 Å². The zero-order valence-corrected chi connectivity index (χ0v) is 15.7. The highest BCUT2D eigenvalue weighted by molar-refractivity contribution is 5.91. The standard InChI is InChI=1S/C19H26N6O2/c1-20-19(21-13-15-14-25-7-3-2-6-17(25)22-15)24-10-8-23(9-11-24)18(26)16-5-4-12-27-16/h4-5,12,14H,2-3,6-11,13H2,1H3,(H,20,21). The van der Waals surface area contributed by atoms with Gasteiger partial charge in [-0.3, -0.25) is 9.79 Å². The van der Waals surface area contributed by atoms with Gasteiger partial charge in [-0.2, -0.15) is 0 Å². The van der Waals surface area contributed by atoms with Crippen LogP contribution < -0.4 is 5.32 Å². The van der Waals surface area contributed by atoms with E-state index in [0.717, 1.165) is 37.7 Å². The first-order valence-electron chi connectivity index (χ1n) is 9.58. The summed E-state index contributed by atoms with van der Waals surface area (Å²) in [6.07, 6.45) is 7.21. The summed E-state index contributed by atoms with van der Waals surface area (Å²) in [5, 5.41) is 3.41. The number of aromatic nitrogens is 2. The third-order valence-electron chi connectivity index (χ3n) is 5.20. The molecule has 2 aromatic heterocycles. The zero-order chi connectivity index (χ0) is 18.6. The van der Waals surface area contributed by atoms with Gasteiger partial charge in [0.2, 0.25) is 0 Å². The Morgan fingerprint density at radius 1 is 1.22 bits per heavy atom. The molecule has 2 aromatic rings. The molecule has 0 radical (unpaired) electrons. The van der Waals surface area contributed by atoms with Gasteiger partial charge in [0.05, 0.1) is 18.5 Å². The summed E-state index contributed by atoms with van der Waals surface area (Å²) in [6, 6.07) is 3.45. The van der Waals surface area contributed by atoms with E-state index >= 15 is 0 Å². The lowest BCUT2D eigenvalue weighted by Crippen LogP contribution is -2.53. The number of piperazine rings is 1. The highest BCUT2D eigenvalue weighted by Gasteiger charge is 2.25. The third kappa shape index (κ3) is 3.84. The number of nitrogens with one attached hydrogen (secondary N) is 1. The molecule has 0 aromatic carbocycles. The lowest BCUT2D eigenvalue weighted by Gasteiger charge is -2.36. The van der Waals surface area contributed by atoms with Crippen LogP contribution in [0.5, 0.6) is 0 Å². The largest absolute Gasteiger partial charge is 0.459 e. The maximum absolute atomic E-state index is 12.4. The maximum atomic E-state index is 12.4. The summed E-state index contributed by atoms with van der Waals surface area (Å²) >= 11 is 0. The first kappa shape index (κ1) is 17.6. The molecule has 144 valence electrons. The van der Waals surface area contributed by atoms with E-state index in [-0.39, 0.29) is 5.91 Å².